The van der Waals surface area contributed by atoms with Gasteiger partial charge in [0, 0.05) is 0 Å². The Labute approximate surface area is 114 Å². The van der Waals surface area contributed by atoms with Crippen LogP contribution in [0.2, 0.25) is 0 Å². The zero-order valence-electron chi connectivity index (χ0n) is 11.7. The van der Waals surface area contributed by atoms with E-state index in [1.165, 1.54) is 0 Å². The second kappa shape index (κ2) is 5.21. The molecule has 104 valence electrons. The lowest BCUT2D eigenvalue weighted by Gasteiger charge is -2.48. The fraction of sp³-hybridized carbons (Fsp3) is 0.533. The van der Waals surface area contributed by atoms with Crippen molar-refractivity contribution in [2.24, 2.45) is 5.92 Å². The molecule has 0 aromatic heterocycles. The zero-order chi connectivity index (χ0) is 14.0. The van der Waals surface area contributed by atoms with Crippen molar-refractivity contribution in [3.05, 3.63) is 29.8 Å². The Hall–Kier alpha value is -1.55. The molecule has 4 nitrogen and oxygen atoms in total. The summed E-state index contributed by atoms with van der Waals surface area (Å²) in [5.41, 5.74) is 0.377. The smallest absolute Gasteiger partial charge is 0.260 e. The molecule has 0 atom stereocenters. The number of benzene rings is 1. The summed E-state index contributed by atoms with van der Waals surface area (Å²) in [6.07, 6.45) is 0. The number of aryl methyl sites for hydroxylation is 1. The first-order valence-corrected chi connectivity index (χ1v) is 6.60. The van der Waals surface area contributed by atoms with E-state index in [0.29, 0.717) is 18.8 Å². The van der Waals surface area contributed by atoms with Gasteiger partial charge in [-0.3, -0.25) is 4.79 Å². The lowest BCUT2D eigenvalue weighted by molar-refractivity contribution is -0.165. The molecule has 1 aliphatic rings. The van der Waals surface area contributed by atoms with Gasteiger partial charge in [0.25, 0.3) is 5.91 Å². The highest BCUT2D eigenvalue weighted by Gasteiger charge is 2.45. The summed E-state index contributed by atoms with van der Waals surface area (Å²) < 4.78 is 5.46. The van der Waals surface area contributed by atoms with Crippen LogP contribution in [0, 0.1) is 12.8 Å². The first-order valence-electron chi connectivity index (χ1n) is 6.60. The number of aliphatic hydroxyl groups is 1. The highest BCUT2D eigenvalue weighted by molar-refractivity contribution is 5.79. The third kappa shape index (κ3) is 3.07. The summed E-state index contributed by atoms with van der Waals surface area (Å²) in [4.78, 5) is 13.5. The van der Waals surface area contributed by atoms with Crippen LogP contribution in [0.4, 0.5) is 0 Å². The lowest BCUT2D eigenvalue weighted by atomic mass is 9.83. The summed E-state index contributed by atoms with van der Waals surface area (Å²) in [5, 5.41) is 10.1. The van der Waals surface area contributed by atoms with E-state index < -0.39 is 5.60 Å². The van der Waals surface area contributed by atoms with Crippen LogP contribution in [0.1, 0.15) is 19.4 Å². The average molecular weight is 263 g/mol. The van der Waals surface area contributed by atoms with Gasteiger partial charge in [-0.05, 0) is 30.5 Å². The fourth-order valence-electron chi connectivity index (χ4n) is 2.10. The van der Waals surface area contributed by atoms with Gasteiger partial charge in [0.1, 0.15) is 11.4 Å². The molecule has 1 aliphatic heterocycles. The molecule has 1 amide bonds. The molecule has 0 radical (unpaired) electrons. The Balaban J connectivity index is 1.81. The van der Waals surface area contributed by atoms with Gasteiger partial charge in [-0.1, -0.05) is 26.0 Å². The monoisotopic (exact) mass is 263 g/mol. The van der Waals surface area contributed by atoms with Crippen LogP contribution in [0.5, 0.6) is 5.75 Å². The Morgan fingerprint density at radius 1 is 1.47 bits per heavy atom. The molecular formula is C15H21NO3. The van der Waals surface area contributed by atoms with Crippen molar-refractivity contribution in [1.29, 1.82) is 0 Å². The third-order valence-corrected chi connectivity index (χ3v) is 3.71. The topological polar surface area (TPSA) is 49.8 Å². The van der Waals surface area contributed by atoms with Crippen LogP contribution in [0.3, 0.4) is 0 Å². The predicted octanol–water partition coefficient (Wildman–Crippen LogP) is 1.60. The lowest BCUT2D eigenvalue weighted by Crippen LogP contribution is -2.66. The molecular weight excluding hydrogens is 242 g/mol. The van der Waals surface area contributed by atoms with E-state index >= 15 is 0 Å². The van der Waals surface area contributed by atoms with Gasteiger partial charge >= 0.3 is 0 Å². The number of likely N-dealkylation sites (tertiary alicyclic amines) is 1. The first-order chi connectivity index (χ1) is 8.90. The van der Waals surface area contributed by atoms with Crippen LogP contribution in [-0.4, -0.2) is 41.2 Å². The van der Waals surface area contributed by atoms with E-state index in [0.717, 1.165) is 5.56 Å². The third-order valence-electron chi connectivity index (χ3n) is 3.71. The van der Waals surface area contributed by atoms with Crippen LogP contribution >= 0.6 is 0 Å². The molecule has 1 fully saturated rings. The summed E-state index contributed by atoms with van der Waals surface area (Å²) in [6.45, 7) is 6.74. The summed E-state index contributed by atoms with van der Waals surface area (Å²) in [6, 6.07) is 7.61. The quantitative estimate of drug-likeness (QED) is 0.897. The molecule has 1 saturated heterocycles. The van der Waals surface area contributed by atoms with Crippen LogP contribution in [0.15, 0.2) is 24.3 Å². The Bertz CT molecular complexity index is 464. The molecule has 0 bridgehead atoms. The number of amides is 1. The fourth-order valence-corrected chi connectivity index (χ4v) is 2.10. The van der Waals surface area contributed by atoms with Crippen molar-refractivity contribution in [3.63, 3.8) is 0 Å². The molecule has 1 N–H and O–H groups in total. The first kappa shape index (κ1) is 13.9. The van der Waals surface area contributed by atoms with Gasteiger partial charge in [0.15, 0.2) is 6.61 Å². The standard InChI is InChI=1S/C15H21NO3/c1-11(2)15(18)9-16(10-15)14(17)8-19-13-6-4-5-12(3)7-13/h4-7,11,18H,8-10H2,1-3H3. The molecule has 2 rings (SSSR count). The van der Waals surface area contributed by atoms with Crippen molar-refractivity contribution in [2.45, 2.75) is 26.4 Å². The molecule has 0 unspecified atom stereocenters. The largest absolute Gasteiger partial charge is 0.484 e. The molecule has 0 spiro atoms. The van der Waals surface area contributed by atoms with Crippen molar-refractivity contribution in [1.82, 2.24) is 4.90 Å². The molecule has 0 aliphatic carbocycles. The second-order valence-corrected chi connectivity index (χ2v) is 5.61. The molecule has 1 heterocycles. The van der Waals surface area contributed by atoms with E-state index in [9.17, 15) is 9.90 Å². The number of β-amino-alcohol motifs (C(OH)–C–C–N with tert-alkyl or cyclic N) is 1. The van der Waals surface area contributed by atoms with E-state index in [1.807, 2.05) is 45.0 Å². The van der Waals surface area contributed by atoms with Crippen LogP contribution in [-0.2, 0) is 4.79 Å². The van der Waals surface area contributed by atoms with E-state index in [-0.39, 0.29) is 18.4 Å². The maximum absolute atomic E-state index is 11.9. The van der Waals surface area contributed by atoms with Crippen molar-refractivity contribution >= 4 is 5.91 Å². The van der Waals surface area contributed by atoms with E-state index in [1.54, 1.807) is 4.90 Å². The van der Waals surface area contributed by atoms with E-state index in [2.05, 4.69) is 0 Å². The molecule has 19 heavy (non-hydrogen) atoms. The number of carbonyl (C=O) groups is 1. The van der Waals surface area contributed by atoms with Crippen molar-refractivity contribution in [3.8, 4) is 5.75 Å². The van der Waals surface area contributed by atoms with Gasteiger partial charge in [-0.15, -0.1) is 0 Å². The maximum Gasteiger partial charge on any atom is 0.260 e. The summed E-state index contributed by atoms with van der Waals surface area (Å²) in [7, 11) is 0. The average Bonchev–Trinajstić information content (AvgIpc) is 2.32. The molecule has 0 saturated carbocycles. The van der Waals surface area contributed by atoms with Crippen LogP contribution in [0.25, 0.3) is 0 Å². The van der Waals surface area contributed by atoms with Crippen LogP contribution < -0.4 is 4.74 Å². The predicted molar refractivity (Wildman–Crippen MR) is 73.0 cm³/mol. The molecule has 4 heteroatoms. The minimum Gasteiger partial charge on any atom is -0.484 e. The highest BCUT2D eigenvalue weighted by Crippen LogP contribution is 2.28. The summed E-state index contributed by atoms with van der Waals surface area (Å²) in [5.74, 6) is 0.786. The molecule has 1 aromatic rings. The SMILES string of the molecule is Cc1cccc(OCC(=O)N2CC(O)(C(C)C)C2)c1. The molecule has 1 aromatic carbocycles. The van der Waals surface area contributed by atoms with E-state index in [4.69, 9.17) is 4.74 Å². The number of hydrogen-bond acceptors (Lipinski definition) is 3. The minimum absolute atomic E-state index is 0.0254. The van der Waals surface area contributed by atoms with Gasteiger partial charge in [0.05, 0.1) is 13.1 Å². The number of hydrogen-bond donors (Lipinski definition) is 1. The minimum atomic E-state index is -0.723. The summed E-state index contributed by atoms with van der Waals surface area (Å²) >= 11 is 0. The maximum atomic E-state index is 11.9. The Kier molecular flexibility index (Phi) is 3.80. The van der Waals surface area contributed by atoms with Crippen molar-refractivity contribution < 1.29 is 14.6 Å². The zero-order valence-corrected chi connectivity index (χ0v) is 11.7. The van der Waals surface area contributed by atoms with Gasteiger partial charge < -0.3 is 14.7 Å². The number of ether oxygens (including phenoxy) is 1. The second-order valence-electron chi connectivity index (χ2n) is 5.61. The van der Waals surface area contributed by atoms with Gasteiger partial charge in [-0.25, -0.2) is 0 Å². The van der Waals surface area contributed by atoms with Crippen molar-refractivity contribution in [2.75, 3.05) is 19.7 Å². The number of rotatable bonds is 4. The Morgan fingerprint density at radius 3 is 2.74 bits per heavy atom. The Morgan fingerprint density at radius 2 is 2.16 bits per heavy atom. The van der Waals surface area contributed by atoms with Gasteiger partial charge in [-0.2, -0.15) is 0 Å². The number of carbonyl (C=O) groups excluding carboxylic acids is 1. The van der Waals surface area contributed by atoms with Gasteiger partial charge in [0.2, 0.25) is 0 Å². The normalized spacial score (nSPS) is 17.2. The highest BCUT2D eigenvalue weighted by atomic mass is 16.5. The number of nitrogens with zero attached hydrogens (tertiary/aromatic N) is 1.